The Balaban J connectivity index is 2.26. The van der Waals surface area contributed by atoms with E-state index in [-0.39, 0.29) is 11.2 Å². The molecule has 1 aromatic rings. The van der Waals surface area contributed by atoms with E-state index in [9.17, 15) is 4.39 Å². The van der Waals surface area contributed by atoms with Gasteiger partial charge in [-0.3, -0.25) is 0 Å². The van der Waals surface area contributed by atoms with E-state index in [0.717, 1.165) is 18.5 Å². The third-order valence-electron chi connectivity index (χ3n) is 3.27. The van der Waals surface area contributed by atoms with Gasteiger partial charge in [0.1, 0.15) is 5.82 Å². The van der Waals surface area contributed by atoms with Gasteiger partial charge in [0.15, 0.2) is 0 Å². The summed E-state index contributed by atoms with van der Waals surface area (Å²) in [6.07, 6.45) is 3.30. The Bertz CT molecular complexity index is 412. The third kappa shape index (κ3) is 2.95. The van der Waals surface area contributed by atoms with Crippen LogP contribution in [0.1, 0.15) is 32.8 Å². The van der Waals surface area contributed by atoms with Crippen molar-refractivity contribution in [3.63, 3.8) is 0 Å². The Hall–Kier alpha value is -1.15. The molecule has 0 aliphatic carbocycles. The first-order valence-corrected chi connectivity index (χ1v) is 6.17. The molecule has 1 N–H and O–H groups in total. The molecule has 1 atom stereocenters. The molecule has 0 fully saturated rings. The van der Waals surface area contributed by atoms with E-state index in [0.29, 0.717) is 6.04 Å². The van der Waals surface area contributed by atoms with Gasteiger partial charge in [-0.2, -0.15) is 0 Å². The van der Waals surface area contributed by atoms with Crippen LogP contribution in [0.5, 0.6) is 0 Å². The Morgan fingerprint density at radius 2 is 1.82 bits per heavy atom. The van der Waals surface area contributed by atoms with Gasteiger partial charge < -0.3 is 5.32 Å². The van der Waals surface area contributed by atoms with Crippen LogP contribution in [0.2, 0.25) is 0 Å². The first-order valence-electron chi connectivity index (χ1n) is 6.17. The van der Waals surface area contributed by atoms with Crippen LogP contribution in [0.15, 0.2) is 30.3 Å². The fourth-order valence-electron chi connectivity index (χ4n) is 2.17. The van der Waals surface area contributed by atoms with Crippen molar-refractivity contribution in [2.75, 3.05) is 6.54 Å². The van der Waals surface area contributed by atoms with E-state index in [1.54, 1.807) is 0 Å². The monoisotopic (exact) mass is 233 g/mol. The third-order valence-corrected chi connectivity index (χ3v) is 3.27. The number of benzene rings is 1. The zero-order chi connectivity index (χ0) is 12.5. The predicted octanol–water partition coefficient (Wildman–Crippen LogP) is 3.62. The first kappa shape index (κ1) is 12.3. The van der Waals surface area contributed by atoms with Crippen molar-refractivity contribution in [3.05, 3.63) is 41.7 Å². The zero-order valence-electron chi connectivity index (χ0n) is 10.8. The molecule has 1 aliphatic rings. The van der Waals surface area contributed by atoms with Crippen LogP contribution in [-0.2, 0) is 0 Å². The van der Waals surface area contributed by atoms with Crippen molar-refractivity contribution in [2.24, 2.45) is 5.41 Å². The van der Waals surface area contributed by atoms with Gasteiger partial charge in [0.2, 0.25) is 0 Å². The lowest BCUT2D eigenvalue weighted by Crippen LogP contribution is -2.41. The molecule has 1 heterocycles. The van der Waals surface area contributed by atoms with Crippen molar-refractivity contribution in [1.82, 2.24) is 5.32 Å². The molecule has 17 heavy (non-hydrogen) atoms. The van der Waals surface area contributed by atoms with E-state index in [2.05, 4.69) is 32.2 Å². The van der Waals surface area contributed by atoms with Gasteiger partial charge in [-0.05, 0) is 41.6 Å². The van der Waals surface area contributed by atoms with Crippen LogP contribution in [-0.4, -0.2) is 12.6 Å². The van der Waals surface area contributed by atoms with E-state index < -0.39 is 0 Å². The summed E-state index contributed by atoms with van der Waals surface area (Å²) < 4.78 is 12.9. The molecule has 2 rings (SSSR count). The van der Waals surface area contributed by atoms with Crippen molar-refractivity contribution < 1.29 is 4.39 Å². The highest BCUT2D eigenvalue weighted by Crippen LogP contribution is 2.28. The van der Waals surface area contributed by atoms with Crippen molar-refractivity contribution >= 4 is 5.57 Å². The number of nitrogens with one attached hydrogen (secondary N) is 1. The van der Waals surface area contributed by atoms with Crippen LogP contribution in [0.25, 0.3) is 5.57 Å². The molecular weight excluding hydrogens is 213 g/mol. The van der Waals surface area contributed by atoms with Gasteiger partial charge in [-0.1, -0.05) is 39.0 Å². The molecule has 92 valence electrons. The summed E-state index contributed by atoms with van der Waals surface area (Å²) in [7, 11) is 0. The summed E-state index contributed by atoms with van der Waals surface area (Å²) in [6, 6.07) is 7.18. The van der Waals surface area contributed by atoms with Crippen LogP contribution < -0.4 is 5.32 Å². The second-order valence-corrected chi connectivity index (χ2v) is 5.75. The van der Waals surface area contributed by atoms with E-state index >= 15 is 0 Å². The summed E-state index contributed by atoms with van der Waals surface area (Å²) in [6.45, 7) is 7.68. The van der Waals surface area contributed by atoms with Gasteiger partial charge >= 0.3 is 0 Å². The van der Waals surface area contributed by atoms with E-state index in [1.807, 2.05) is 12.1 Å². The predicted molar refractivity (Wildman–Crippen MR) is 70.2 cm³/mol. The van der Waals surface area contributed by atoms with Gasteiger partial charge in [0.05, 0.1) is 0 Å². The Morgan fingerprint density at radius 1 is 1.18 bits per heavy atom. The second-order valence-electron chi connectivity index (χ2n) is 5.75. The van der Waals surface area contributed by atoms with Gasteiger partial charge in [-0.25, -0.2) is 4.39 Å². The Labute approximate surface area is 103 Å². The molecule has 1 aromatic carbocycles. The molecule has 0 bridgehead atoms. The number of hydrogen-bond donors (Lipinski definition) is 1. The van der Waals surface area contributed by atoms with Crippen LogP contribution in [0.4, 0.5) is 4.39 Å². The number of halogens is 1. The van der Waals surface area contributed by atoms with Gasteiger partial charge in [-0.15, -0.1) is 0 Å². The van der Waals surface area contributed by atoms with Crippen LogP contribution in [0.3, 0.4) is 0 Å². The lowest BCUT2D eigenvalue weighted by atomic mass is 9.82. The zero-order valence-corrected chi connectivity index (χ0v) is 10.8. The average Bonchev–Trinajstić information content (AvgIpc) is 2.29. The van der Waals surface area contributed by atoms with Crippen LogP contribution in [0, 0.1) is 11.2 Å². The maximum atomic E-state index is 12.9. The highest BCUT2D eigenvalue weighted by atomic mass is 19.1. The summed E-state index contributed by atoms with van der Waals surface area (Å²) >= 11 is 0. The minimum Gasteiger partial charge on any atom is -0.310 e. The van der Waals surface area contributed by atoms with E-state index in [1.165, 1.54) is 17.7 Å². The minimum absolute atomic E-state index is 0.171. The van der Waals surface area contributed by atoms with Crippen LogP contribution >= 0.6 is 0 Å². The summed E-state index contributed by atoms with van der Waals surface area (Å²) in [5, 5.41) is 3.52. The maximum Gasteiger partial charge on any atom is 0.123 e. The fraction of sp³-hybridized carbons (Fsp3) is 0.467. The molecule has 1 unspecified atom stereocenters. The summed E-state index contributed by atoms with van der Waals surface area (Å²) in [5.41, 5.74) is 2.68. The largest absolute Gasteiger partial charge is 0.310 e. The molecule has 0 radical (unpaired) electrons. The van der Waals surface area contributed by atoms with E-state index in [4.69, 9.17) is 0 Å². The molecule has 0 amide bonds. The molecule has 0 saturated carbocycles. The number of hydrogen-bond acceptors (Lipinski definition) is 1. The van der Waals surface area contributed by atoms with Gasteiger partial charge in [0, 0.05) is 6.04 Å². The highest BCUT2D eigenvalue weighted by molar-refractivity contribution is 5.67. The standard InChI is InChI=1S/C15H20FN/c1-15(2,3)14-10-12(8-9-17-14)11-4-6-13(16)7-5-11/h4-7,10,14,17H,8-9H2,1-3H3. The normalized spacial score (nSPS) is 21.2. The molecule has 0 aromatic heterocycles. The number of rotatable bonds is 1. The Morgan fingerprint density at radius 3 is 2.41 bits per heavy atom. The lowest BCUT2D eigenvalue weighted by Gasteiger charge is -2.33. The first-order chi connectivity index (χ1) is 7.97. The maximum absolute atomic E-state index is 12.9. The topological polar surface area (TPSA) is 12.0 Å². The summed E-state index contributed by atoms with van der Waals surface area (Å²) in [4.78, 5) is 0. The molecule has 1 aliphatic heterocycles. The second kappa shape index (κ2) is 4.61. The van der Waals surface area contributed by atoms with Crippen molar-refractivity contribution in [3.8, 4) is 0 Å². The average molecular weight is 233 g/mol. The van der Waals surface area contributed by atoms with Crippen molar-refractivity contribution in [2.45, 2.75) is 33.2 Å². The SMILES string of the molecule is CC(C)(C)C1C=C(c2ccc(F)cc2)CCN1. The smallest absolute Gasteiger partial charge is 0.123 e. The quantitative estimate of drug-likeness (QED) is 0.781. The highest BCUT2D eigenvalue weighted by Gasteiger charge is 2.25. The molecule has 2 heteroatoms. The molecule has 1 nitrogen and oxygen atoms in total. The fourth-order valence-corrected chi connectivity index (χ4v) is 2.17. The molecule has 0 spiro atoms. The molecule has 0 saturated heterocycles. The Kier molecular flexibility index (Phi) is 3.34. The van der Waals surface area contributed by atoms with Gasteiger partial charge in [0.25, 0.3) is 0 Å². The molecular formula is C15H20FN. The summed E-state index contributed by atoms with van der Waals surface area (Å²) in [5.74, 6) is -0.171. The minimum atomic E-state index is -0.171. The lowest BCUT2D eigenvalue weighted by molar-refractivity contribution is 0.310. The van der Waals surface area contributed by atoms with Crippen molar-refractivity contribution in [1.29, 1.82) is 0 Å².